The minimum Gasteiger partial charge on any atom is -0.482 e. The summed E-state index contributed by atoms with van der Waals surface area (Å²) in [6.07, 6.45) is 0. The Morgan fingerprint density at radius 2 is 1.96 bits per heavy atom. The number of hydrogen-bond donors (Lipinski definition) is 1. The van der Waals surface area contributed by atoms with E-state index in [1.807, 2.05) is 36.4 Å². The van der Waals surface area contributed by atoms with Crippen LogP contribution in [0.5, 0.6) is 5.75 Å². The Morgan fingerprint density at radius 1 is 1.16 bits per heavy atom. The molecule has 0 aliphatic carbocycles. The van der Waals surface area contributed by atoms with Crippen LogP contribution in [0.15, 0.2) is 52.9 Å². The summed E-state index contributed by atoms with van der Waals surface area (Å²) in [5.41, 5.74) is 1.24. The van der Waals surface area contributed by atoms with E-state index in [1.54, 1.807) is 18.2 Å². The smallest absolute Gasteiger partial charge is 0.236 e. The maximum Gasteiger partial charge on any atom is 0.236 e. The van der Waals surface area contributed by atoms with Crippen molar-refractivity contribution >= 4 is 29.1 Å². The Balaban J connectivity index is 1.67. The highest BCUT2D eigenvalue weighted by atomic mass is 35.5. The lowest BCUT2D eigenvalue weighted by Crippen LogP contribution is -1.99. The number of hydrogen-bond acceptors (Lipinski definition) is 5. The third kappa shape index (κ3) is 4.44. The van der Waals surface area contributed by atoms with Crippen LogP contribution in [-0.2, 0) is 13.2 Å². The van der Waals surface area contributed by atoms with Crippen molar-refractivity contribution in [1.29, 1.82) is 5.26 Å². The zero-order chi connectivity index (χ0) is 17.6. The molecule has 1 heterocycles. The number of halogens is 2. The first-order valence-electron chi connectivity index (χ1n) is 7.41. The van der Waals surface area contributed by atoms with E-state index in [0.29, 0.717) is 28.2 Å². The zero-order valence-corrected chi connectivity index (χ0v) is 14.5. The maximum atomic E-state index is 9.20. The molecule has 5 nitrogen and oxygen atoms in total. The van der Waals surface area contributed by atoms with Crippen LogP contribution < -0.4 is 10.1 Å². The molecule has 0 spiro atoms. The van der Waals surface area contributed by atoms with Crippen molar-refractivity contribution in [3.05, 3.63) is 75.7 Å². The number of nitriles is 1. The molecule has 3 aromatic rings. The molecule has 0 amide bonds. The fourth-order valence-corrected chi connectivity index (χ4v) is 2.59. The number of nitrogens with one attached hydrogen (secondary N) is 1. The van der Waals surface area contributed by atoms with E-state index in [2.05, 4.69) is 10.3 Å². The Hall–Kier alpha value is -2.68. The van der Waals surface area contributed by atoms with Gasteiger partial charge in [-0.3, -0.25) is 0 Å². The van der Waals surface area contributed by atoms with Crippen molar-refractivity contribution in [3.8, 4) is 11.8 Å². The molecule has 0 unspecified atom stereocenters. The zero-order valence-electron chi connectivity index (χ0n) is 13.0. The summed E-state index contributed by atoms with van der Waals surface area (Å²) >= 11 is 11.9. The highest BCUT2D eigenvalue weighted by Crippen LogP contribution is 2.28. The lowest BCUT2D eigenvalue weighted by Gasteiger charge is -2.06. The summed E-state index contributed by atoms with van der Waals surface area (Å²) in [6.45, 7) is 0.567. The van der Waals surface area contributed by atoms with Gasteiger partial charge in [0.05, 0.1) is 5.02 Å². The second kappa shape index (κ2) is 7.93. The van der Waals surface area contributed by atoms with E-state index in [4.69, 9.17) is 32.4 Å². The van der Waals surface area contributed by atoms with Crippen LogP contribution in [0.2, 0.25) is 10.0 Å². The van der Waals surface area contributed by atoms with Crippen LogP contribution in [-0.4, -0.2) is 4.98 Å². The average molecular weight is 374 g/mol. The largest absolute Gasteiger partial charge is 0.482 e. The van der Waals surface area contributed by atoms with Crippen LogP contribution in [0.25, 0.3) is 0 Å². The number of rotatable bonds is 6. The highest BCUT2D eigenvalue weighted by Gasteiger charge is 2.14. The SMILES string of the molecule is N#Cc1nc(COc2ccc(Cl)cc2Cl)oc1NCc1ccccc1. The normalized spacial score (nSPS) is 10.3. The molecule has 0 bridgehead atoms. The third-order valence-corrected chi connectivity index (χ3v) is 3.85. The predicted octanol–water partition coefficient (Wildman–Crippen LogP) is 5.04. The molecule has 0 saturated heterocycles. The molecule has 1 N–H and O–H groups in total. The topological polar surface area (TPSA) is 71.1 Å². The number of aromatic nitrogens is 1. The first kappa shape index (κ1) is 17.2. The highest BCUT2D eigenvalue weighted by molar-refractivity contribution is 6.35. The fraction of sp³-hybridized carbons (Fsp3) is 0.111. The van der Waals surface area contributed by atoms with E-state index in [9.17, 15) is 5.26 Å². The first-order valence-corrected chi connectivity index (χ1v) is 8.17. The molecule has 0 atom stereocenters. The van der Waals surface area contributed by atoms with Gasteiger partial charge in [-0.25, -0.2) is 0 Å². The summed E-state index contributed by atoms with van der Waals surface area (Å²) in [7, 11) is 0. The number of nitrogens with zero attached hydrogens (tertiary/aromatic N) is 2. The maximum absolute atomic E-state index is 9.20. The third-order valence-electron chi connectivity index (χ3n) is 3.32. The van der Waals surface area contributed by atoms with Crippen LogP contribution in [0.1, 0.15) is 17.1 Å². The van der Waals surface area contributed by atoms with Gasteiger partial charge in [-0.2, -0.15) is 10.2 Å². The molecule has 126 valence electrons. The molecule has 3 rings (SSSR count). The molecule has 0 saturated carbocycles. The first-order chi connectivity index (χ1) is 12.2. The predicted molar refractivity (Wildman–Crippen MR) is 95.8 cm³/mol. The molecule has 2 aromatic carbocycles. The number of oxazole rings is 1. The number of anilines is 1. The minimum atomic E-state index is 0.0447. The molecule has 1 aromatic heterocycles. The van der Waals surface area contributed by atoms with Gasteiger partial charge in [0.1, 0.15) is 11.8 Å². The lowest BCUT2D eigenvalue weighted by molar-refractivity contribution is 0.265. The van der Waals surface area contributed by atoms with Crippen molar-refractivity contribution in [1.82, 2.24) is 4.98 Å². The molecule has 0 aliphatic rings. The molecule has 0 aliphatic heterocycles. The van der Waals surface area contributed by atoms with Crippen molar-refractivity contribution < 1.29 is 9.15 Å². The second-order valence-corrected chi connectivity index (χ2v) is 5.94. The van der Waals surface area contributed by atoms with Crippen molar-refractivity contribution in [3.63, 3.8) is 0 Å². The molecule has 0 radical (unpaired) electrons. The Labute approximate surface area is 154 Å². The summed E-state index contributed by atoms with van der Waals surface area (Å²) in [5.74, 6) is 1.05. The Bertz CT molecular complexity index is 904. The summed E-state index contributed by atoms with van der Waals surface area (Å²) in [4.78, 5) is 4.12. The van der Waals surface area contributed by atoms with Crippen LogP contribution in [0.3, 0.4) is 0 Å². The number of ether oxygens (including phenoxy) is 1. The van der Waals surface area contributed by atoms with Gasteiger partial charge in [0, 0.05) is 11.6 Å². The lowest BCUT2D eigenvalue weighted by atomic mass is 10.2. The van der Waals surface area contributed by atoms with Gasteiger partial charge in [0.25, 0.3) is 0 Å². The van der Waals surface area contributed by atoms with Crippen molar-refractivity contribution in [2.75, 3.05) is 5.32 Å². The summed E-state index contributed by atoms with van der Waals surface area (Å²) < 4.78 is 11.1. The van der Waals surface area contributed by atoms with E-state index in [1.165, 1.54) is 0 Å². The molecular weight excluding hydrogens is 361 g/mol. The van der Waals surface area contributed by atoms with Crippen molar-refractivity contribution in [2.45, 2.75) is 13.2 Å². The van der Waals surface area contributed by atoms with Gasteiger partial charge >= 0.3 is 0 Å². The van der Waals surface area contributed by atoms with E-state index in [-0.39, 0.29) is 18.2 Å². The molecule has 25 heavy (non-hydrogen) atoms. The van der Waals surface area contributed by atoms with Crippen molar-refractivity contribution in [2.24, 2.45) is 0 Å². The van der Waals surface area contributed by atoms with Gasteiger partial charge < -0.3 is 14.5 Å². The van der Waals surface area contributed by atoms with Gasteiger partial charge in [-0.05, 0) is 23.8 Å². The standard InChI is InChI=1S/C18H13Cl2N3O2/c19-13-6-7-16(14(20)8-13)24-11-17-23-15(9-21)18(25-17)22-10-12-4-2-1-3-5-12/h1-8,22H,10-11H2. The molecular formula is C18H13Cl2N3O2. The Morgan fingerprint density at radius 3 is 2.68 bits per heavy atom. The van der Waals surface area contributed by atoms with E-state index >= 15 is 0 Å². The average Bonchev–Trinajstić information content (AvgIpc) is 3.02. The van der Waals surface area contributed by atoms with Gasteiger partial charge in [-0.1, -0.05) is 53.5 Å². The fourth-order valence-electron chi connectivity index (χ4n) is 2.13. The van der Waals surface area contributed by atoms with Gasteiger partial charge in [0.2, 0.25) is 17.5 Å². The molecule has 0 fully saturated rings. The second-order valence-electron chi connectivity index (χ2n) is 5.10. The van der Waals surface area contributed by atoms with E-state index in [0.717, 1.165) is 5.56 Å². The quantitative estimate of drug-likeness (QED) is 0.654. The van der Waals surface area contributed by atoms with E-state index < -0.39 is 0 Å². The summed E-state index contributed by atoms with van der Waals surface area (Å²) in [5, 5.41) is 13.2. The monoisotopic (exact) mass is 373 g/mol. The van der Waals surface area contributed by atoms with Crippen LogP contribution in [0.4, 0.5) is 5.88 Å². The Kier molecular flexibility index (Phi) is 5.44. The number of benzene rings is 2. The van der Waals surface area contributed by atoms with Gasteiger partial charge in [0.15, 0.2) is 6.61 Å². The summed E-state index contributed by atoms with van der Waals surface area (Å²) in [6, 6.07) is 16.7. The van der Waals surface area contributed by atoms with Gasteiger partial charge in [-0.15, -0.1) is 0 Å². The molecule has 7 heteroatoms. The van der Waals surface area contributed by atoms with Crippen LogP contribution >= 0.6 is 23.2 Å². The minimum absolute atomic E-state index is 0.0447. The van der Waals surface area contributed by atoms with Crippen LogP contribution in [0, 0.1) is 11.3 Å².